The van der Waals surface area contributed by atoms with Crippen molar-refractivity contribution in [2.24, 2.45) is 0 Å². The van der Waals surface area contributed by atoms with E-state index in [-0.39, 0.29) is 5.78 Å². The van der Waals surface area contributed by atoms with Gasteiger partial charge in [-0.2, -0.15) is 0 Å². The van der Waals surface area contributed by atoms with Crippen LogP contribution in [-0.2, 0) is 0 Å². The average Bonchev–Trinajstić information content (AvgIpc) is 2.54. The maximum absolute atomic E-state index is 12.8. The van der Waals surface area contributed by atoms with Gasteiger partial charge in [0.1, 0.15) is 5.75 Å². The number of hydrogen-bond acceptors (Lipinski definition) is 3. The number of ether oxygens (including phenoxy) is 1. The minimum Gasteiger partial charge on any atom is -0.493 e. The van der Waals surface area contributed by atoms with E-state index in [4.69, 9.17) is 4.74 Å². The molecule has 0 aliphatic rings. The first kappa shape index (κ1) is 13.3. The minimum atomic E-state index is -0.0438. The van der Waals surface area contributed by atoms with Crippen molar-refractivity contribution in [1.29, 1.82) is 0 Å². The number of carbonyl (C=O) groups is 1. The highest BCUT2D eigenvalue weighted by Crippen LogP contribution is 2.25. The van der Waals surface area contributed by atoms with Crippen LogP contribution in [0.5, 0.6) is 5.75 Å². The molecule has 3 rings (SSSR count). The fraction of sp³-hybridized carbons (Fsp3) is 0.111. The molecule has 0 atom stereocenters. The Kier molecular flexibility index (Phi) is 3.65. The number of para-hydroxylation sites is 2. The fourth-order valence-electron chi connectivity index (χ4n) is 2.37. The summed E-state index contributed by atoms with van der Waals surface area (Å²) in [7, 11) is 0. The molecule has 1 heterocycles. The summed E-state index contributed by atoms with van der Waals surface area (Å²) in [6.07, 6.45) is 1.67. The van der Waals surface area contributed by atoms with Gasteiger partial charge in [-0.15, -0.1) is 0 Å². The summed E-state index contributed by atoms with van der Waals surface area (Å²) in [5.74, 6) is 0.573. The molecule has 104 valence electrons. The monoisotopic (exact) mass is 277 g/mol. The second-order valence-corrected chi connectivity index (χ2v) is 4.63. The number of benzene rings is 2. The molecule has 3 nitrogen and oxygen atoms in total. The number of aromatic nitrogens is 1. The Hall–Kier alpha value is -2.68. The minimum absolute atomic E-state index is 0.0438. The van der Waals surface area contributed by atoms with Crippen molar-refractivity contribution < 1.29 is 9.53 Å². The molecular formula is C18H15NO2. The Morgan fingerprint density at radius 1 is 1.00 bits per heavy atom. The Labute approximate surface area is 123 Å². The Bertz CT molecular complexity index is 791. The van der Waals surface area contributed by atoms with Crippen LogP contribution in [-0.4, -0.2) is 17.4 Å². The maximum atomic E-state index is 12.8. The molecule has 3 aromatic rings. The third-order valence-electron chi connectivity index (χ3n) is 3.33. The molecule has 0 aliphatic carbocycles. The quantitative estimate of drug-likeness (QED) is 0.680. The lowest BCUT2D eigenvalue weighted by Crippen LogP contribution is -2.06. The van der Waals surface area contributed by atoms with Gasteiger partial charge in [0.25, 0.3) is 0 Å². The lowest BCUT2D eigenvalue weighted by molar-refractivity contribution is 0.103. The topological polar surface area (TPSA) is 39.2 Å². The van der Waals surface area contributed by atoms with Crippen molar-refractivity contribution in [3.05, 3.63) is 71.9 Å². The number of carbonyl (C=O) groups excluding carboxylic acids is 1. The van der Waals surface area contributed by atoms with E-state index in [1.165, 1.54) is 0 Å². The first-order valence-corrected chi connectivity index (χ1v) is 6.91. The highest BCUT2D eigenvalue weighted by atomic mass is 16.5. The summed E-state index contributed by atoms with van der Waals surface area (Å²) in [6.45, 7) is 2.43. The van der Waals surface area contributed by atoms with Gasteiger partial charge < -0.3 is 4.74 Å². The van der Waals surface area contributed by atoms with Gasteiger partial charge in [0, 0.05) is 17.1 Å². The smallest absolute Gasteiger partial charge is 0.197 e. The third kappa shape index (κ3) is 2.50. The predicted molar refractivity (Wildman–Crippen MR) is 82.8 cm³/mol. The molecule has 0 aliphatic heterocycles. The van der Waals surface area contributed by atoms with Gasteiger partial charge in [-0.05, 0) is 31.2 Å². The molecule has 0 bridgehead atoms. The molecule has 0 saturated heterocycles. The van der Waals surface area contributed by atoms with E-state index in [0.717, 1.165) is 10.9 Å². The van der Waals surface area contributed by atoms with Crippen molar-refractivity contribution >= 4 is 16.7 Å². The zero-order valence-corrected chi connectivity index (χ0v) is 11.7. The molecule has 0 radical (unpaired) electrons. The second-order valence-electron chi connectivity index (χ2n) is 4.63. The van der Waals surface area contributed by atoms with Crippen LogP contribution in [0.4, 0.5) is 0 Å². The molecule has 3 heteroatoms. The summed E-state index contributed by atoms with van der Waals surface area (Å²) in [4.78, 5) is 17.1. The number of hydrogen-bond donors (Lipinski definition) is 0. The number of pyridine rings is 1. The normalized spacial score (nSPS) is 10.5. The van der Waals surface area contributed by atoms with Crippen molar-refractivity contribution in [1.82, 2.24) is 4.98 Å². The number of ketones is 1. The van der Waals surface area contributed by atoms with Gasteiger partial charge in [0.2, 0.25) is 0 Å². The van der Waals surface area contributed by atoms with E-state index in [1.807, 2.05) is 49.4 Å². The Morgan fingerprint density at radius 2 is 1.76 bits per heavy atom. The molecule has 0 amide bonds. The van der Waals surface area contributed by atoms with E-state index >= 15 is 0 Å². The van der Waals surface area contributed by atoms with Gasteiger partial charge in [0.05, 0.1) is 17.7 Å². The Morgan fingerprint density at radius 3 is 2.62 bits per heavy atom. The number of nitrogens with zero attached hydrogens (tertiary/aromatic N) is 1. The molecule has 0 spiro atoms. The summed E-state index contributed by atoms with van der Waals surface area (Å²) < 4.78 is 5.56. The lowest BCUT2D eigenvalue weighted by Gasteiger charge is -2.10. The maximum Gasteiger partial charge on any atom is 0.197 e. The third-order valence-corrected chi connectivity index (χ3v) is 3.33. The Balaban J connectivity index is 2.13. The highest BCUT2D eigenvalue weighted by Gasteiger charge is 2.16. The molecule has 0 N–H and O–H groups in total. The van der Waals surface area contributed by atoms with E-state index in [9.17, 15) is 4.79 Å². The van der Waals surface area contributed by atoms with Crippen LogP contribution in [0.3, 0.4) is 0 Å². The SMILES string of the molecule is CCOc1ccccc1C(=O)c1ccnc2ccccc12. The van der Waals surface area contributed by atoms with Crippen LogP contribution in [0.2, 0.25) is 0 Å². The highest BCUT2D eigenvalue weighted by molar-refractivity contribution is 6.17. The molecule has 21 heavy (non-hydrogen) atoms. The van der Waals surface area contributed by atoms with Crippen molar-refractivity contribution in [2.45, 2.75) is 6.92 Å². The zero-order valence-electron chi connectivity index (χ0n) is 11.7. The molecule has 0 saturated carbocycles. The summed E-state index contributed by atoms with van der Waals surface area (Å²) in [5.41, 5.74) is 2.04. The van der Waals surface area contributed by atoms with Crippen LogP contribution in [0.25, 0.3) is 10.9 Å². The van der Waals surface area contributed by atoms with Crippen LogP contribution in [0, 0.1) is 0 Å². The first-order chi connectivity index (χ1) is 10.3. The van der Waals surface area contributed by atoms with Crippen LogP contribution in [0.15, 0.2) is 60.8 Å². The van der Waals surface area contributed by atoms with Gasteiger partial charge in [-0.3, -0.25) is 9.78 Å². The predicted octanol–water partition coefficient (Wildman–Crippen LogP) is 3.86. The van der Waals surface area contributed by atoms with Crippen molar-refractivity contribution in [2.75, 3.05) is 6.61 Å². The van der Waals surface area contributed by atoms with Gasteiger partial charge in [0.15, 0.2) is 5.78 Å². The fourth-order valence-corrected chi connectivity index (χ4v) is 2.37. The largest absolute Gasteiger partial charge is 0.493 e. The lowest BCUT2D eigenvalue weighted by atomic mass is 9.99. The molecular weight excluding hydrogens is 262 g/mol. The van der Waals surface area contributed by atoms with Gasteiger partial charge in [-0.1, -0.05) is 30.3 Å². The molecule has 0 fully saturated rings. The molecule has 1 aromatic heterocycles. The summed E-state index contributed by atoms with van der Waals surface area (Å²) in [6, 6.07) is 16.7. The first-order valence-electron chi connectivity index (χ1n) is 6.91. The van der Waals surface area contributed by atoms with E-state index in [2.05, 4.69) is 4.98 Å². The average molecular weight is 277 g/mol. The van der Waals surface area contributed by atoms with Crippen molar-refractivity contribution in [3.63, 3.8) is 0 Å². The molecule has 2 aromatic carbocycles. The van der Waals surface area contributed by atoms with Crippen molar-refractivity contribution in [3.8, 4) is 5.75 Å². The van der Waals surface area contributed by atoms with E-state index in [0.29, 0.717) is 23.5 Å². The van der Waals surface area contributed by atoms with Crippen LogP contribution in [0.1, 0.15) is 22.8 Å². The number of rotatable bonds is 4. The van der Waals surface area contributed by atoms with Gasteiger partial charge in [-0.25, -0.2) is 0 Å². The zero-order chi connectivity index (χ0) is 14.7. The van der Waals surface area contributed by atoms with Gasteiger partial charge >= 0.3 is 0 Å². The number of fused-ring (bicyclic) bond motifs is 1. The second kappa shape index (κ2) is 5.75. The summed E-state index contributed by atoms with van der Waals surface area (Å²) in [5, 5.41) is 0.858. The van der Waals surface area contributed by atoms with Crippen LogP contribution < -0.4 is 4.74 Å². The van der Waals surface area contributed by atoms with Crippen LogP contribution >= 0.6 is 0 Å². The summed E-state index contributed by atoms with van der Waals surface area (Å²) >= 11 is 0. The standard InChI is InChI=1S/C18H15NO2/c1-2-21-17-10-6-4-8-15(17)18(20)14-11-12-19-16-9-5-3-7-13(14)16/h3-12H,2H2,1H3. The molecule has 0 unspecified atom stereocenters. The van der Waals surface area contributed by atoms with E-state index < -0.39 is 0 Å². The van der Waals surface area contributed by atoms with E-state index in [1.54, 1.807) is 18.3 Å².